The summed E-state index contributed by atoms with van der Waals surface area (Å²) >= 11 is 0. The Balaban J connectivity index is 1.65. The van der Waals surface area contributed by atoms with Crippen molar-refractivity contribution in [2.24, 2.45) is 0 Å². The number of rotatable bonds is 1. The minimum atomic E-state index is -0.831. The van der Waals surface area contributed by atoms with Gasteiger partial charge in [0.2, 0.25) is 5.95 Å². The van der Waals surface area contributed by atoms with Gasteiger partial charge in [-0.25, -0.2) is 15.0 Å². The molecule has 0 atom stereocenters. The Hall–Kier alpha value is -2.91. The molecular weight excluding hydrogens is 350 g/mol. The predicted molar refractivity (Wildman–Crippen MR) is 108 cm³/mol. The summed E-state index contributed by atoms with van der Waals surface area (Å²) in [5, 5.41) is 13.6. The summed E-state index contributed by atoms with van der Waals surface area (Å²) in [4.78, 5) is 14.0. The molecule has 0 unspecified atom stereocenters. The summed E-state index contributed by atoms with van der Waals surface area (Å²) in [7, 11) is 1.83. The van der Waals surface area contributed by atoms with Crippen LogP contribution >= 0.6 is 0 Å². The van der Waals surface area contributed by atoms with Crippen molar-refractivity contribution >= 4 is 11.6 Å². The van der Waals surface area contributed by atoms with Gasteiger partial charge >= 0.3 is 0 Å². The van der Waals surface area contributed by atoms with E-state index < -0.39 is 5.60 Å². The van der Waals surface area contributed by atoms with E-state index >= 15 is 0 Å². The average Bonchev–Trinajstić information content (AvgIpc) is 3.25. The Labute approximate surface area is 164 Å². The molecule has 142 valence electrons. The lowest BCUT2D eigenvalue weighted by Crippen LogP contribution is -2.20. The molecule has 28 heavy (non-hydrogen) atoms. The van der Waals surface area contributed by atoms with Crippen molar-refractivity contribution in [3.05, 3.63) is 41.3 Å². The standard InChI is InChI=1S/C22H23N5O/c1-23-21-24-13-16-5-4-6-17-20(19(16)26-21)27-14-15(7-8-18(27)25-17)9-12-22(28)10-2-3-11-22/h7-8,13-14,28H,2-6,10-11H2,1H3,(H,23,24,26). The number of imidazole rings is 1. The molecule has 0 spiro atoms. The molecule has 0 radical (unpaired) electrons. The third-order valence-electron chi connectivity index (χ3n) is 5.73. The second kappa shape index (κ2) is 6.61. The van der Waals surface area contributed by atoms with E-state index in [2.05, 4.69) is 26.5 Å². The van der Waals surface area contributed by atoms with Crippen molar-refractivity contribution in [2.45, 2.75) is 50.5 Å². The van der Waals surface area contributed by atoms with Crippen molar-refractivity contribution in [3.63, 3.8) is 0 Å². The molecule has 2 aliphatic carbocycles. The van der Waals surface area contributed by atoms with Crippen molar-refractivity contribution in [1.82, 2.24) is 19.4 Å². The lowest BCUT2D eigenvalue weighted by Gasteiger charge is -2.12. The van der Waals surface area contributed by atoms with E-state index in [0.717, 1.165) is 78.8 Å². The number of nitrogens with zero attached hydrogens (tertiary/aromatic N) is 4. The molecule has 0 saturated heterocycles. The first-order chi connectivity index (χ1) is 13.6. The Bertz CT molecular complexity index is 1120. The zero-order valence-electron chi connectivity index (χ0n) is 16.0. The van der Waals surface area contributed by atoms with Gasteiger partial charge in [0.15, 0.2) is 0 Å². The highest BCUT2D eigenvalue weighted by atomic mass is 16.3. The number of aromatic nitrogens is 4. The summed E-state index contributed by atoms with van der Waals surface area (Å²) in [6.07, 6.45) is 10.5. The van der Waals surface area contributed by atoms with Crippen molar-refractivity contribution in [2.75, 3.05) is 12.4 Å². The van der Waals surface area contributed by atoms with Gasteiger partial charge in [0.05, 0.1) is 17.1 Å². The van der Waals surface area contributed by atoms with E-state index in [1.165, 1.54) is 0 Å². The van der Waals surface area contributed by atoms with E-state index in [4.69, 9.17) is 9.97 Å². The molecule has 0 aliphatic heterocycles. The van der Waals surface area contributed by atoms with Crippen LogP contribution in [0.4, 0.5) is 5.95 Å². The molecule has 2 aliphatic rings. The number of aliphatic hydroxyl groups is 1. The Morgan fingerprint density at radius 3 is 2.82 bits per heavy atom. The highest BCUT2D eigenvalue weighted by Gasteiger charge is 2.28. The summed E-state index contributed by atoms with van der Waals surface area (Å²) in [5.74, 6) is 6.89. The summed E-state index contributed by atoms with van der Waals surface area (Å²) in [5.41, 5.74) is 5.13. The highest BCUT2D eigenvalue weighted by molar-refractivity contribution is 5.69. The molecule has 3 aromatic heterocycles. The molecule has 6 heteroatoms. The third kappa shape index (κ3) is 2.92. The van der Waals surface area contributed by atoms with Crippen LogP contribution in [0.3, 0.4) is 0 Å². The lowest BCUT2D eigenvalue weighted by atomic mass is 10.0. The summed E-state index contributed by atoms with van der Waals surface area (Å²) < 4.78 is 2.09. The topological polar surface area (TPSA) is 75.3 Å². The fourth-order valence-corrected chi connectivity index (χ4v) is 4.23. The fourth-order valence-electron chi connectivity index (χ4n) is 4.23. The van der Waals surface area contributed by atoms with Gasteiger partial charge in [-0.3, -0.25) is 4.40 Å². The van der Waals surface area contributed by atoms with E-state index in [9.17, 15) is 5.11 Å². The highest BCUT2D eigenvalue weighted by Crippen LogP contribution is 2.32. The smallest absolute Gasteiger partial charge is 0.223 e. The van der Waals surface area contributed by atoms with Gasteiger partial charge in [-0.05, 0) is 62.6 Å². The predicted octanol–water partition coefficient (Wildman–Crippen LogP) is 2.98. The normalized spacial score (nSPS) is 17.4. The minimum Gasteiger partial charge on any atom is -0.378 e. The molecule has 3 heterocycles. The third-order valence-corrected chi connectivity index (χ3v) is 5.73. The van der Waals surface area contributed by atoms with E-state index in [1.807, 2.05) is 31.6 Å². The van der Waals surface area contributed by atoms with Crippen molar-refractivity contribution in [1.29, 1.82) is 0 Å². The monoisotopic (exact) mass is 373 g/mol. The maximum Gasteiger partial charge on any atom is 0.223 e. The van der Waals surface area contributed by atoms with Gasteiger partial charge in [-0.1, -0.05) is 11.8 Å². The number of pyridine rings is 1. The largest absolute Gasteiger partial charge is 0.378 e. The van der Waals surface area contributed by atoms with Gasteiger partial charge in [0.25, 0.3) is 0 Å². The number of nitrogens with one attached hydrogen (secondary N) is 1. The number of fused-ring (bicyclic) bond motifs is 5. The molecule has 0 amide bonds. The fraction of sp³-hybridized carbons (Fsp3) is 0.409. The first-order valence-corrected chi connectivity index (χ1v) is 9.96. The van der Waals surface area contributed by atoms with E-state index in [-0.39, 0.29) is 0 Å². The van der Waals surface area contributed by atoms with Crippen LogP contribution in [0.1, 0.15) is 48.9 Å². The van der Waals surface area contributed by atoms with Gasteiger partial charge in [0.1, 0.15) is 11.2 Å². The molecule has 6 nitrogen and oxygen atoms in total. The minimum absolute atomic E-state index is 0.612. The molecule has 1 fully saturated rings. The van der Waals surface area contributed by atoms with Crippen LogP contribution in [0.25, 0.3) is 17.0 Å². The Morgan fingerprint density at radius 1 is 1.14 bits per heavy atom. The second-order valence-electron chi connectivity index (χ2n) is 7.71. The zero-order chi connectivity index (χ0) is 19.1. The van der Waals surface area contributed by atoms with Gasteiger partial charge in [-0.15, -0.1) is 0 Å². The van der Waals surface area contributed by atoms with Crippen molar-refractivity contribution < 1.29 is 5.11 Å². The molecule has 1 saturated carbocycles. The van der Waals surface area contributed by atoms with Crippen LogP contribution in [0.2, 0.25) is 0 Å². The lowest BCUT2D eigenvalue weighted by molar-refractivity contribution is 0.110. The molecule has 2 N–H and O–H groups in total. The number of hydrogen-bond donors (Lipinski definition) is 2. The second-order valence-corrected chi connectivity index (χ2v) is 7.71. The van der Waals surface area contributed by atoms with Crippen LogP contribution in [-0.2, 0) is 12.8 Å². The SMILES string of the molecule is CNc1ncc2c(n1)-c1c(nc3ccc(C#CC4(O)CCCC4)cn13)CCC2. The quantitative estimate of drug-likeness (QED) is 0.642. The number of aryl methyl sites for hydroxylation is 2. The summed E-state index contributed by atoms with van der Waals surface area (Å²) in [6.45, 7) is 0. The molecule has 0 aromatic carbocycles. The molecule has 5 rings (SSSR count). The van der Waals surface area contributed by atoms with Crippen LogP contribution in [-0.4, -0.2) is 37.1 Å². The maximum atomic E-state index is 10.5. The number of anilines is 1. The molecule has 3 aromatic rings. The van der Waals surface area contributed by atoms with E-state index in [1.54, 1.807) is 0 Å². The van der Waals surface area contributed by atoms with Crippen molar-refractivity contribution in [3.8, 4) is 23.2 Å². The van der Waals surface area contributed by atoms with E-state index in [0.29, 0.717) is 5.95 Å². The Morgan fingerprint density at radius 2 is 2.00 bits per heavy atom. The first kappa shape index (κ1) is 17.2. The van der Waals surface area contributed by atoms with Crippen LogP contribution in [0.5, 0.6) is 0 Å². The maximum absolute atomic E-state index is 10.5. The summed E-state index contributed by atoms with van der Waals surface area (Å²) in [6, 6.07) is 3.98. The molecular formula is C22H23N5O. The van der Waals surface area contributed by atoms with Gasteiger partial charge in [0, 0.05) is 25.0 Å². The van der Waals surface area contributed by atoms with Gasteiger partial charge < -0.3 is 10.4 Å². The van der Waals surface area contributed by atoms with Gasteiger partial charge in [-0.2, -0.15) is 0 Å². The first-order valence-electron chi connectivity index (χ1n) is 9.96. The number of hydrogen-bond acceptors (Lipinski definition) is 5. The van der Waals surface area contributed by atoms with Crippen LogP contribution in [0.15, 0.2) is 24.5 Å². The van der Waals surface area contributed by atoms with Crippen LogP contribution in [0, 0.1) is 11.8 Å². The Kier molecular flexibility index (Phi) is 4.06. The zero-order valence-corrected chi connectivity index (χ0v) is 16.0. The average molecular weight is 373 g/mol. The molecule has 0 bridgehead atoms. The van der Waals surface area contributed by atoms with Crippen LogP contribution < -0.4 is 5.32 Å².